The topological polar surface area (TPSA) is 41.8 Å². The van der Waals surface area contributed by atoms with Gasteiger partial charge in [-0.3, -0.25) is 0 Å². The van der Waals surface area contributed by atoms with Crippen LogP contribution in [-0.4, -0.2) is 10.1 Å². The van der Waals surface area contributed by atoms with Gasteiger partial charge in [-0.2, -0.15) is 4.98 Å². The summed E-state index contributed by atoms with van der Waals surface area (Å²) in [6.07, 6.45) is 0. The van der Waals surface area contributed by atoms with Crippen LogP contribution in [0.2, 0.25) is 0 Å². The van der Waals surface area contributed by atoms with Crippen LogP contribution in [0, 0.1) is 17.6 Å². The number of hydrogen-bond acceptors (Lipinski definition) is 3. The molecule has 0 radical (unpaired) electrons. The van der Waals surface area contributed by atoms with Gasteiger partial charge in [0.2, 0.25) is 0 Å². The molecule has 5 heteroatoms. The summed E-state index contributed by atoms with van der Waals surface area (Å²) in [5, 5.41) is 2.53. The van der Waals surface area contributed by atoms with Crippen molar-refractivity contribution in [2.45, 2.75) is 6.92 Å². The summed E-state index contributed by atoms with van der Waals surface area (Å²) in [5.41, 5.74) is 1.57. The molecule has 0 aliphatic rings. The quantitative estimate of drug-likeness (QED) is 0.736. The minimum absolute atomic E-state index is 0.115. The average molecular weight is 210 g/mol. The molecule has 72 valence electrons. The fourth-order valence-electron chi connectivity index (χ4n) is 1.19. The van der Waals surface area contributed by atoms with Gasteiger partial charge in [-0.05, 0) is 36.8 Å². The Bertz CT molecular complexity index is 518. The number of aryl methyl sites for hydroxylation is 1. The summed E-state index contributed by atoms with van der Waals surface area (Å²) in [5.74, 6) is 0.139. The number of nitrogens with one attached hydrogen (secondary N) is 1. The van der Waals surface area contributed by atoms with Crippen molar-refractivity contribution in [3.05, 3.63) is 34.4 Å². The van der Waals surface area contributed by atoms with Crippen molar-refractivity contribution in [2.75, 3.05) is 0 Å². The Morgan fingerprint density at radius 3 is 2.93 bits per heavy atom. The largest absolute Gasteiger partial charge is 0.348 e. The van der Waals surface area contributed by atoms with Gasteiger partial charge in [0.15, 0.2) is 5.82 Å². The van der Waals surface area contributed by atoms with Crippen LogP contribution in [0.3, 0.4) is 0 Å². The summed E-state index contributed by atoms with van der Waals surface area (Å²) < 4.78 is 17.7. The van der Waals surface area contributed by atoms with Crippen molar-refractivity contribution in [2.24, 2.45) is 0 Å². The van der Waals surface area contributed by atoms with Crippen LogP contribution < -0.4 is 0 Å². The summed E-state index contributed by atoms with van der Waals surface area (Å²) in [6, 6.07) is 4.46. The highest BCUT2D eigenvalue weighted by molar-refractivity contribution is 7.71. The second-order valence-electron chi connectivity index (χ2n) is 2.89. The molecule has 0 aliphatic heterocycles. The zero-order valence-corrected chi connectivity index (χ0v) is 8.19. The number of H-pyrrole nitrogens is 1. The highest BCUT2D eigenvalue weighted by Gasteiger charge is 2.06. The van der Waals surface area contributed by atoms with E-state index in [9.17, 15) is 4.39 Å². The van der Waals surface area contributed by atoms with E-state index in [1.807, 2.05) is 6.92 Å². The maximum atomic E-state index is 12.9. The number of hydrogen-bond donors (Lipinski definition) is 1. The van der Waals surface area contributed by atoms with Crippen LogP contribution in [0.4, 0.5) is 4.39 Å². The minimum atomic E-state index is -0.312. The molecule has 0 unspecified atom stereocenters. The maximum absolute atomic E-state index is 12.9. The zero-order valence-electron chi connectivity index (χ0n) is 7.37. The lowest BCUT2D eigenvalue weighted by Gasteiger charge is -2.00. The highest BCUT2D eigenvalue weighted by atomic mass is 32.1. The first-order valence-electron chi connectivity index (χ1n) is 3.99. The molecule has 2 rings (SSSR count). The van der Waals surface area contributed by atoms with E-state index in [0.29, 0.717) is 11.4 Å². The van der Waals surface area contributed by atoms with Crippen molar-refractivity contribution in [3.8, 4) is 11.4 Å². The standard InChI is InChI=1S/C9H7FN2OS/c1-5-2-3-6(10)4-7(5)8-11-9(14)13-12-8/h2-4H,1H3,(H,11,12,14). The smallest absolute Gasteiger partial charge is 0.314 e. The number of aromatic nitrogens is 2. The van der Waals surface area contributed by atoms with Crippen LogP contribution in [0.15, 0.2) is 22.7 Å². The van der Waals surface area contributed by atoms with E-state index >= 15 is 0 Å². The second-order valence-corrected chi connectivity index (χ2v) is 3.24. The Balaban J connectivity index is 2.61. The average Bonchev–Trinajstić information content (AvgIpc) is 2.56. The van der Waals surface area contributed by atoms with Gasteiger partial charge in [-0.25, -0.2) is 9.55 Å². The minimum Gasteiger partial charge on any atom is -0.348 e. The van der Waals surface area contributed by atoms with E-state index in [1.54, 1.807) is 6.07 Å². The molecule has 1 heterocycles. The SMILES string of the molecule is Cc1ccc(F)cc1-c1nc(=S)o[nH]1. The zero-order chi connectivity index (χ0) is 10.1. The molecule has 1 aromatic heterocycles. The molecular weight excluding hydrogens is 203 g/mol. The van der Waals surface area contributed by atoms with Crippen LogP contribution in [0.25, 0.3) is 11.4 Å². The van der Waals surface area contributed by atoms with Crippen molar-refractivity contribution >= 4 is 12.2 Å². The first-order valence-corrected chi connectivity index (χ1v) is 4.39. The summed E-state index contributed by atoms with van der Waals surface area (Å²) in [6.45, 7) is 1.86. The van der Waals surface area contributed by atoms with Crippen LogP contribution in [-0.2, 0) is 0 Å². The van der Waals surface area contributed by atoms with E-state index in [4.69, 9.17) is 16.7 Å². The molecule has 0 aliphatic carbocycles. The van der Waals surface area contributed by atoms with Crippen molar-refractivity contribution in [1.29, 1.82) is 0 Å². The molecule has 0 saturated carbocycles. The molecule has 0 spiro atoms. The maximum Gasteiger partial charge on any atom is 0.314 e. The second kappa shape index (κ2) is 3.34. The third kappa shape index (κ3) is 1.58. The Morgan fingerprint density at radius 2 is 2.29 bits per heavy atom. The van der Waals surface area contributed by atoms with Crippen molar-refractivity contribution in [1.82, 2.24) is 10.1 Å². The lowest BCUT2D eigenvalue weighted by atomic mass is 10.1. The van der Waals surface area contributed by atoms with E-state index in [1.165, 1.54) is 12.1 Å². The number of rotatable bonds is 1. The molecule has 0 saturated heterocycles. The highest BCUT2D eigenvalue weighted by Crippen LogP contribution is 2.20. The Hall–Kier alpha value is -1.49. The lowest BCUT2D eigenvalue weighted by Crippen LogP contribution is -1.86. The summed E-state index contributed by atoms with van der Waals surface area (Å²) >= 11 is 4.71. The summed E-state index contributed by atoms with van der Waals surface area (Å²) in [4.78, 5) is 4.02. The van der Waals surface area contributed by atoms with Gasteiger partial charge >= 0.3 is 4.84 Å². The third-order valence-corrected chi connectivity index (χ3v) is 2.07. The third-order valence-electron chi connectivity index (χ3n) is 1.89. The molecule has 14 heavy (non-hydrogen) atoms. The Kier molecular flexibility index (Phi) is 2.17. The monoisotopic (exact) mass is 210 g/mol. The molecule has 1 aromatic carbocycles. The number of nitrogens with zero attached hydrogens (tertiary/aromatic N) is 1. The predicted octanol–water partition coefficient (Wildman–Crippen LogP) is 2.85. The Morgan fingerprint density at radius 1 is 1.50 bits per heavy atom. The predicted molar refractivity (Wildman–Crippen MR) is 51.8 cm³/mol. The normalized spacial score (nSPS) is 10.4. The van der Waals surface area contributed by atoms with Crippen LogP contribution in [0.1, 0.15) is 5.56 Å². The van der Waals surface area contributed by atoms with Gasteiger partial charge in [-0.15, -0.1) is 0 Å². The lowest BCUT2D eigenvalue weighted by molar-refractivity contribution is 0.406. The van der Waals surface area contributed by atoms with Gasteiger partial charge < -0.3 is 4.52 Å². The van der Waals surface area contributed by atoms with Crippen LogP contribution in [0.5, 0.6) is 0 Å². The van der Waals surface area contributed by atoms with Crippen molar-refractivity contribution < 1.29 is 8.91 Å². The Labute approximate surface area is 84.6 Å². The molecule has 0 amide bonds. The molecule has 3 nitrogen and oxygen atoms in total. The van der Waals surface area contributed by atoms with Gasteiger partial charge in [0, 0.05) is 5.56 Å². The number of benzene rings is 1. The number of halogens is 1. The van der Waals surface area contributed by atoms with E-state index in [-0.39, 0.29) is 10.7 Å². The molecule has 1 N–H and O–H groups in total. The first kappa shape index (κ1) is 9.08. The van der Waals surface area contributed by atoms with Gasteiger partial charge in [-0.1, -0.05) is 6.07 Å². The van der Waals surface area contributed by atoms with E-state index in [2.05, 4.69) is 10.1 Å². The molecule has 0 atom stereocenters. The van der Waals surface area contributed by atoms with E-state index < -0.39 is 0 Å². The molecule has 2 aromatic rings. The van der Waals surface area contributed by atoms with Gasteiger partial charge in [0.1, 0.15) is 5.82 Å². The van der Waals surface area contributed by atoms with E-state index in [0.717, 1.165) is 5.56 Å². The molecule has 0 fully saturated rings. The molecule has 0 bridgehead atoms. The van der Waals surface area contributed by atoms with Gasteiger partial charge in [0.25, 0.3) is 0 Å². The molecular formula is C9H7FN2OS. The first-order chi connectivity index (χ1) is 6.66. The van der Waals surface area contributed by atoms with Crippen molar-refractivity contribution in [3.63, 3.8) is 0 Å². The fourth-order valence-corrected chi connectivity index (χ4v) is 1.33. The fraction of sp³-hybridized carbons (Fsp3) is 0.111. The number of aromatic amines is 1. The van der Waals surface area contributed by atoms with Gasteiger partial charge in [0.05, 0.1) is 0 Å². The summed E-state index contributed by atoms with van der Waals surface area (Å²) in [7, 11) is 0. The van der Waals surface area contributed by atoms with Crippen LogP contribution >= 0.6 is 12.2 Å².